The average Bonchev–Trinajstić information content (AvgIpc) is 2.78. The Morgan fingerprint density at radius 1 is 0.862 bits per heavy atom. The standard InChI is InChI=1S/C22H17N5OS/c28-21(15-29-22-20-9-5-4-6-16(20)14-23-27-22)24-17-10-12-19(13-11-17)26-25-18-7-2-1-3-8-18/h1-14H,15H2,(H,24,28). The Hall–Kier alpha value is -3.58. The van der Waals surface area contributed by atoms with Crippen LogP contribution in [-0.4, -0.2) is 21.9 Å². The van der Waals surface area contributed by atoms with Gasteiger partial charge in [0.25, 0.3) is 0 Å². The molecule has 0 unspecified atom stereocenters. The number of benzene rings is 3. The third-order valence-corrected chi connectivity index (χ3v) is 5.05. The van der Waals surface area contributed by atoms with Crippen LogP contribution in [0.5, 0.6) is 0 Å². The minimum absolute atomic E-state index is 0.108. The molecule has 0 fully saturated rings. The number of hydrogen-bond donors (Lipinski definition) is 1. The molecule has 0 radical (unpaired) electrons. The van der Waals surface area contributed by atoms with E-state index < -0.39 is 0 Å². The van der Waals surface area contributed by atoms with Crippen LogP contribution >= 0.6 is 11.8 Å². The third kappa shape index (κ3) is 5.03. The highest BCUT2D eigenvalue weighted by molar-refractivity contribution is 8.00. The topological polar surface area (TPSA) is 79.6 Å². The first-order chi connectivity index (χ1) is 14.3. The number of rotatable bonds is 6. The van der Waals surface area contributed by atoms with E-state index in [2.05, 4.69) is 25.7 Å². The van der Waals surface area contributed by atoms with Crippen LogP contribution in [0.3, 0.4) is 0 Å². The van der Waals surface area contributed by atoms with E-state index in [-0.39, 0.29) is 11.7 Å². The number of hydrogen-bond acceptors (Lipinski definition) is 6. The van der Waals surface area contributed by atoms with Gasteiger partial charge in [0.15, 0.2) is 0 Å². The molecule has 0 aliphatic carbocycles. The summed E-state index contributed by atoms with van der Waals surface area (Å²) >= 11 is 1.37. The summed E-state index contributed by atoms with van der Waals surface area (Å²) in [6.07, 6.45) is 1.72. The molecule has 1 aromatic heterocycles. The monoisotopic (exact) mass is 399 g/mol. The number of aromatic nitrogens is 2. The maximum absolute atomic E-state index is 12.3. The van der Waals surface area contributed by atoms with Gasteiger partial charge in [0.2, 0.25) is 5.91 Å². The molecule has 0 aliphatic heterocycles. The fourth-order valence-electron chi connectivity index (χ4n) is 2.66. The number of fused-ring (bicyclic) bond motifs is 1. The number of thioether (sulfide) groups is 1. The molecule has 7 heteroatoms. The van der Waals surface area contributed by atoms with Crippen molar-refractivity contribution in [3.05, 3.63) is 85.1 Å². The van der Waals surface area contributed by atoms with Crippen LogP contribution in [0, 0.1) is 0 Å². The number of azo groups is 1. The summed E-state index contributed by atoms with van der Waals surface area (Å²) in [7, 11) is 0. The molecule has 29 heavy (non-hydrogen) atoms. The fourth-order valence-corrected chi connectivity index (χ4v) is 3.45. The predicted molar refractivity (Wildman–Crippen MR) is 116 cm³/mol. The molecule has 1 N–H and O–H groups in total. The summed E-state index contributed by atoms with van der Waals surface area (Å²) in [6, 6.07) is 24.6. The average molecular weight is 399 g/mol. The normalized spacial score (nSPS) is 11.0. The first kappa shape index (κ1) is 18.8. The van der Waals surface area contributed by atoms with E-state index in [0.717, 1.165) is 21.5 Å². The van der Waals surface area contributed by atoms with Crippen LogP contribution in [0.1, 0.15) is 0 Å². The van der Waals surface area contributed by atoms with Crippen molar-refractivity contribution in [3.8, 4) is 0 Å². The predicted octanol–water partition coefficient (Wildman–Crippen LogP) is 5.78. The molecule has 0 saturated carbocycles. The Morgan fingerprint density at radius 3 is 2.34 bits per heavy atom. The van der Waals surface area contributed by atoms with Crippen molar-refractivity contribution in [2.75, 3.05) is 11.1 Å². The smallest absolute Gasteiger partial charge is 0.234 e. The zero-order valence-electron chi connectivity index (χ0n) is 15.4. The molecule has 3 aromatic carbocycles. The molecule has 4 rings (SSSR count). The lowest BCUT2D eigenvalue weighted by atomic mass is 10.2. The second-order valence-corrected chi connectivity index (χ2v) is 7.12. The van der Waals surface area contributed by atoms with Gasteiger partial charge < -0.3 is 5.32 Å². The molecule has 0 saturated heterocycles. The van der Waals surface area contributed by atoms with Crippen LogP contribution in [0.4, 0.5) is 17.1 Å². The number of nitrogens with zero attached hydrogens (tertiary/aromatic N) is 4. The van der Waals surface area contributed by atoms with Crippen molar-refractivity contribution in [1.29, 1.82) is 0 Å². The van der Waals surface area contributed by atoms with Crippen molar-refractivity contribution >= 4 is 45.5 Å². The number of amides is 1. The Balaban J connectivity index is 1.34. The number of carbonyl (C=O) groups excluding carboxylic acids is 1. The van der Waals surface area contributed by atoms with Gasteiger partial charge in [0, 0.05) is 16.5 Å². The Bertz CT molecular complexity index is 1140. The van der Waals surface area contributed by atoms with Gasteiger partial charge in [0.05, 0.1) is 23.3 Å². The van der Waals surface area contributed by atoms with Crippen molar-refractivity contribution in [2.24, 2.45) is 10.2 Å². The molecule has 4 aromatic rings. The van der Waals surface area contributed by atoms with E-state index in [1.807, 2.05) is 66.7 Å². The van der Waals surface area contributed by atoms with Gasteiger partial charge in [-0.15, -0.1) is 5.10 Å². The largest absolute Gasteiger partial charge is 0.325 e. The summed E-state index contributed by atoms with van der Waals surface area (Å²) < 4.78 is 0. The number of carbonyl (C=O) groups is 1. The third-order valence-electron chi connectivity index (χ3n) is 4.06. The molecule has 142 valence electrons. The summed E-state index contributed by atoms with van der Waals surface area (Å²) in [5, 5.41) is 22.2. The maximum Gasteiger partial charge on any atom is 0.234 e. The zero-order valence-corrected chi connectivity index (χ0v) is 16.2. The van der Waals surface area contributed by atoms with Gasteiger partial charge in [-0.25, -0.2) is 0 Å². The van der Waals surface area contributed by atoms with E-state index in [9.17, 15) is 4.79 Å². The highest BCUT2D eigenvalue weighted by Gasteiger charge is 2.08. The fraction of sp³-hybridized carbons (Fsp3) is 0.0455. The van der Waals surface area contributed by atoms with Gasteiger partial charge in [0.1, 0.15) is 5.03 Å². The summed E-state index contributed by atoms with van der Waals surface area (Å²) in [5.74, 6) is 0.140. The lowest BCUT2D eigenvalue weighted by Crippen LogP contribution is -2.14. The minimum atomic E-state index is -0.108. The van der Waals surface area contributed by atoms with Crippen LogP contribution in [-0.2, 0) is 4.79 Å². The lowest BCUT2D eigenvalue weighted by Gasteiger charge is -2.06. The van der Waals surface area contributed by atoms with E-state index in [0.29, 0.717) is 11.4 Å². The van der Waals surface area contributed by atoms with Crippen molar-refractivity contribution in [3.63, 3.8) is 0 Å². The molecule has 1 amide bonds. The van der Waals surface area contributed by atoms with Gasteiger partial charge in [-0.2, -0.15) is 15.3 Å². The number of anilines is 1. The maximum atomic E-state index is 12.3. The molecule has 0 spiro atoms. The zero-order chi connectivity index (χ0) is 19.9. The van der Waals surface area contributed by atoms with Crippen LogP contribution in [0.2, 0.25) is 0 Å². The van der Waals surface area contributed by atoms with Crippen LogP contribution in [0.15, 0.2) is 100 Å². The first-order valence-corrected chi connectivity index (χ1v) is 9.96. The minimum Gasteiger partial charge on any atom is -0.325 e. The SMILES string of the molecule is O=C(CSc1nncc2ccccc12)Nc1ccc(N=Nc2ccccc2)cc1. The van der Waals surface area contributed by atoms with Gasteiger partial charge >= 0.3 is 0 Å². The number of nitrogens with one attached hydrogen (secondary N) is 1. The molecule has 0 bridgehead atoms. The Morgan fingerprint density at radius 2 is 1.55 bits per heavy atom. The van der Waals surface area contributed by atoms with Gasteiger partial charge in [-0.05, 0) is 36.4 Å². The first-order valence-electron chi connectivity index (χ1n) is 8.98. The van der Waals surface area contributed by atoms with E-state index in [1.54, 1.807) is 18.3 Å². The highest BCUT2D eigenvalue weighted by atomic mass is 32.2. The summed E-state index contributed by atoms with van der Waals surface area (Å²) in [5.41, 5.74) is 2.21. The molecule has 0 atom stereocenters. The summed E-state index contributed by atoms with van der Waals surface area (Å²) in [4.78, 5) is 12.3. The van der Waals surface area contributed by atoms with E-state index in [1.165, 1.54) is 11.8 Å². The van der Waals surface area contributed by atoms with Gasteiger partial charge in [-0.1, -0.05) is 54.2 Å². The van der Waals surface area contributed by atoms with Crippen LogP contribution < -0.4 is 5.32 Å². The van der Waals surface area contributed by atoms with Crippen molar-refractivity contribution in [1.82, 2.24) is 10.2 Å². The van der Waals surface area contributed by atoms with E-state index >= 15 is 0 Å². The van der Waals surface area contributed by atoms with Crippen molar-refractivity contribution in [2.45, 2.75) is 5.03 Å². The quantitative estimate of drug-likeness (QED) is 0.329. The second-order valence-electron chi connectivity index (χ2n) is 6.16. The van der Waals surface area contributed by atoms with E-state index in [4.69, 9.17) is 0 Å². The van der Waals surface area contributed by atoms with Crippen molar-refractivity contribution < 1.29 is 4.79 Å². The highest BCUT2D eigenvalue weighted by Crippen LogP contribution is 2.25. The molecular formula is C22H17N5OS. The summed E-state index contributed by atoms with van der Waals surface area (Å²) in [6.45, 7) is 0. The molecule has 1 heterocycles. The molecular weight excluding hydrogens is 382 g/mol. The molecule has 6 nitrogen and oxygen atoms in total. The Kier molecular flexibility index (Phi) is 5.87. The molecule has 0 aliphatic rings. The van der Waals surface area contributed by atoms with Gasteiger partial charge in [-0.3, -0.25) is 4.79 Å². The van der Waals surface area contributed by atoms with Crippen LogP contribution in [0.25, 0.3) is 10.8 Å². The lowest BCUT2D eigenvalue weighted by molar-refractivity contribution is -0.113. The Labute approximate surface area is 172 Å². The second kappa shape index (κ2) is 9.07.